The molecule has 4 rings (SSSR count). The number of H-pyrrole nitrogens is 1. The molecule has 0 saturated heterocycles. The van der Waals surface area contributed by atoms with Crippen molar-refractivity contribution in [2.45, 2.75) is 166 Å². The third-order valence-electron chi connectivity index (χ3n) is 13.0. The summed E-state index contributed by atoms with van der Waals surface area (Å²) in [6, 6.07) is 8.15. The van der Waals surface area contributed by atoms with Gasteiger partial charge in [0.15, 0.2) is 0 Å². The molecule has 0 aliphatic rings. The number of aromatic amines is 1. The summed E-state index contributed by atoms with van der Waals surface area (Å²) in [7, 11) is -4.93. The quantitative estimate of drug-likeness (QED) is 0.0295. The number of aromatic nitrogens is 1. The predicted molar refractivity (Wildman–Crippen MR) is 310 cm³/mol. The second-order valence-electron chi connectivity index (χ2n) is 21.3. The van der Waals surface area contributed by atoms with Gasteiger partial charge in [0.2, 0.25) is 47.3 Å². The number of carbonyl (C=O) groups excluding carboxylic acids is 9. The van der Waals surface area contributed by atoms with Crippen LogP contribution < -0.4 is 52.5 Å². The lowest BCUT2D eigenvalue weighted by Gasteiger charge is -2.27. The zero-order valence-electron chi connectivity index (χ0n) is 48.4. The average molecular weight is 1220 g/mol. The second-order valence-corrected chi connectivity index (χ2v) is 22.3. The molecule has 468 valence electrons. The summed E-state index contributed by atoms with van der Waals surface area (Å²) in [6.07, 6.45) is -0.429. The highest BCUT2D eigenvalue weighted by molar-refractivity contribution is 7.81. The molecule has 86 heavy (non-hydrogen) atoms. The van der Waals surface area contributed by atoms with E-state index in [2.05, 4.69) is 51.7 Å². The zero-order valence-corrected chi connectivity index (χ0v) is 49.2. The van der Waals surface area contributed by atoms with Gasteiger partial charge in [0.1, 0.15) is 59.7 Å². The van der Waals surface area contributed by atoms with Gasteiger partial charge in [-0.2, -0.15) is 8.42 Å². The number of nitrogens with two attached hydrogens (primary N) is 1. The molecule has 0 aliphatic carbocycles. The molecule has 9 amide bonds. The fraction of sp³-hybridized carbons (Fsp3) is 0.456. The third kappa shape index (κ3) is 23.9. The first-order valence-corrected chi connectivity index (χ1v) is 29.0. The number of unbranched alkanes of at least 4 members (excludes halogenated alkanes) is 2. The van der Waals surface area contributed by atoms with Gasteiger partial charge in [-0.3, -0.25) is 52.5 Å². The van der Waals surface area contributed by atoms with E-state index in [4.69, 9.17) is 15.0 Å². The lowest BCUT2D eigenvalue weighted by molar-refractivity contribution is -0.141. The molecule has 4 aromatic rings. The highest BCUT2D eigenvalue weighted by Crippen LogP contribution is 2.21. The highest BCUT2D eigenvalue weighted by atomic mass is 32.3. The number of alkyl carbamates (subject to hydrolysis) is 1. The van der Waals surface area contributed by atoms with Gasteiger partial charge < -0.3 is 72.4 Å². The van der Waals surface area contributed by atoms with Crippen LogP contribution >= 0.6 is 0 Å². The Balaban J connectivity index is 1.61. The minimum Gasteiger partial charge on any atom is -0.481 e. The van der Waals surface area contributed by atoms with Crippen molar-refractivity contribution < 1.29 is 84.8 Å². The van der Waals surface area contributed by atoms with E-state index in [-0.39, 0.29) is 37.0 Å². The van der Waals surface area contributed by atoms with Crippen LogP contribution in [-0.2, 0) is 82.3 Å². The van der Waals surface area contributed by atoms with E-state index in [0.717, 1.165) is 12.1 Å². The van der Waals surface area contributed by atoms with Gasteiger partial charge >= 0.3 is 28.4 Å². The maximum atomic E-state index is 14.5. The number of para-hydroxylation sites is 1. The molecule has 0 unspecified atom stereocenters. The number of aliphatic carboxylic acids is 2. The minimum absolute atomic E-state index is 0.0206. The van der Waals surface area contributed by atoms with Crippen LogP contribution in [0, 0.1) is 0 Å². The first kappa shape index (κ1) is 69.4. The topological polar surface area (TPSA) is 439 Å². The summed E-state index contributed by atoms with van der Waals surface area (Å²) < 4.78 is 41.5. The van der Waals surface area contributed by atoms with Crippen molar-refractivity contribution in [2.75, 3.05) is 0 Å². The molecular weight excluding hydrogens is 1140 g/mol. The Morgan fingerprint density at radius 2 is 0.977 bits per heavy atom. The molecule has 29 heteroatoms. The predicted octanol–water partition coefficient (Wildman–Crippen LogP) is 1.50. The maximum Gasteiger partial charge on any atom is 0.446 e. The minimum atomic E-state index is -4.93. The van der Waals surface area contributed by atoms with Crippen LogP contribution in [0.2, 0.25) is 0 Å². The van der Waals surface area contributed by atoms with Crippen LogP contribution in [0.5, 0.6) is 5.75 Å². The largest absolute Gasteiger partial charge is 0.481 e. The third-order valence-corrected chi connectivity index (χ3v) is 13.4. The van der Waals surface area contributed by atoms with Crippen LogP contribution in [0.1, 0.15) is 110 Å². The van der Waals surface area contributed by atoms with Crippen molar-refractivity contribution in [2.24, 2.45) is 5.73 Å². The average Bonchev–Trinajstić information content (AvgIpc) is 2.71. The number of benzene rings is 3. The molecule has 3 aromatic carbocycles. The standard InChI is InChI=1S/C57H76N10O18S/c1-7-9-19-39(61-52(76)42(27-34-22-24-36(25-23-34)85-86(81,82)83)65-55(79)45(30-47(70)71)67-56(80)84-57(4,5)6)50(74)60-32(3)49(73)64-43(28-35-31-59-38-21-15-14-18-37(35)38)53(77)62-40(20-10-8-2)51(75)66-44(29-46(68)69)54(78)63-41(48(58)72)26-33-16-12-11-13-17-33/h11-18,21-25,31-32,39-45,59H,7-10,19-20,26-30H2,1-6H3,(H2,58,72)(H,60,74)(H,61,76)(H,62,77)(H,63,78)(H,64,73)(H,65,79)(H,66,75)(H,67,80)(H,68,69)(H,70,71)(H,81,82,83)/t32-,39+,40+,41+,42+,43+,44+,45+/m1/s1. The number of ether oxygens (including phenoxy) is 1. The highest BCUT2D eigenvalue weighted by Gasteiger charge is 2.36. The van der Waals surface area contributed by atoms with Gasteiger partial charge in [-0.05, 0) is 75.4 Å². The Hall–Kier alpha value is -9.12. The molecule has 1 aromatic heterocycles. The van der Waals surface area contributed by atoms with Crippen LogP contribution in [-0.4, -0.2) is 147 Å². The van der Waals surface area contributed by atoms with Gasteiger partial charge in [0.05, 0.1) is 12.8 Å². The van der Waals surface area contributed by atoms with E-state index >= 15 is 0 Å². The van der Waals surface area contributed by atoms with Gasteiger partial charge in [0, 0.05) is 36.4 Å². The SMILES string of the molecule is CCCC[C@H](NC(=O)[C@H](Cc1c[nH]c2ccccc12)NC(=O)[C@@H](C)NC(=O)[C@H](CCCC)NC(=O)[C@H](Cc1ccc(OS(=O)(=O)O)cc1)NC(=O)[C@H](CC(=O)O)NC(=O)OC(C)(C)C)C(=O)N[C@@H](CC(=O)O)C(=O)N[C@@H](Cc1ccccc1)C(N)=O. The van der Waals surface area contributed by atoms with Crippen molar-refractivity contribution >= 4 is 86.6 Å². The summed E-state index contributed by atoms with van der Waals surface area (Å²) >= 11 is 0. The number of nitrogens with one attached hydrogen (secondary N) is 9. The molecule has 0 bridgehead atoms. The lowest BCUT2D eigenvalue weighted by atomic mass is 10.0. The van der Waals surface area contributed by atoms with E-state index in [1.807, 2.05) is 6.92 Å². The summed E-state index contributed by atoms with van der Waals surface area (Å²) in [5.41, 5.74) is 6.63. The summed E-state index contributed by atoms with van der Waals surface area (Å²) in [5, 5.41) is 39.9. The van der Waals surface area contributed by atoms with Gasteiger partial charge in [-0.25, -0.2) is 4.79 Å². The Morgan fingerprint density at radius 1 is 0.547 bits per heavy atom. The van der Waals surface area contributed by atoms with Crippen LogP contribution in [0.4, 0.5) is 4.79 Å². The van der Waals surface area contributed by atoms with E-state index in [1.165, 1.54) is 39.8 Å². The Labute approximate surface area is 496 Å². The zero-order chi connectivity index (χ0) is 63.9. The first-order valence-electron chi connectivity index (χ1n) is 27.6. The summed E-state index contributed by atoms with van der Waals surface area (Å²) in [4.78, 5) is 151. The Morgan fingerprint density at radius 3 is 1.50 bits per heavy atom. The number of primary amides is 1. The van der Waals surface area contributed by atoms with Gasteiger partial charge in [-0.15, -0.1) is 0 Å². The van der Waals surface area contributed by atoms with E-state index in [0.29, 0.717) is 47.7 Å². The molecule has 1 heterocycles. The number of amides is 9. The number of rotatable bonds is 34. The Bertz CT molecular complexity index is 3150. The number of carboxylic acid groups (broad SMARTS) is 2. The van der Waals surface area contributed by atoms with Crippen molar-refractivity contribution in [1.29, 1.82) is 0 Å². The van der Waals surface area contributed by atoms with Crippen LogP contribution in [0.25, 0.3) is 10.9 Å². The Kier molecular flexibility index (Phi) is 26.5. The molecular formula is C57H76N10O18S. The fourth-order valence-electron chi connectivity index (χ4n) is 8.66. The number of fused-ring (bicyclic) bond motifs is 1. The summed E-state index contributed by atoms with van der Waals surface area (Å²) in [6.45, 7) is 9.46. The number of carbonyl (C=O) groups is 11. The molecule has 8 atom stereocenters. The first-order chi connectivity index (χ1) is 40.4. The van der Waals surface area contributed by atoms with E-state index < -0.39 is 149 Å². The second kappa shape index (κ2) is 32.8. The molecule has 0 saturated carbocycles. The molecule has 0 aliphatic heterocycles. The van der Waals surface area contributed by atoms with Gasteiger partial charge in [0.25, 0.3) is 0 Å². The smallest absolute Gasteiger partial charge is 0.446 e. The van der Waals surface area contributed by atoms with Gasteiger partial charge in [-0.1, -0.05) is 100 Å². The fourth-order valence-corrected chi connectivity index (χ4v) is 9.01. The number of hydrogen-bond acceptors (Lipinski definition) is 15. The van der Waals surface area contributed by atoms with Crippen LogP contribution in [0.15, 0.2) is 85.1 Å². The van der Waals surface area contributed by atoms with Crippen molar-refractivity contribution in [1.82, 2.24) is 47.5 Å². The summed E-state index contributed by atoms with van der Waals surface area (Å²) in [5.74, 6) is -11.2. The number of hydrogen-bond donors (Lipinski definition) is 13. The van der Waals surface area contributed by atoms with Crippen LogP contribution in [0.3, 0.4) is 0 Å². The molecule has 0 radical (unpaired) electrons. The molecule has 0 fully saturated rings. The molecule has 28 nitrogen and oxygen atoms in total. The van der Waals surface area contributed by atoms with E-state index in [1.54, 1.807) is 67.7 Å². The number of carboxylic acids is 2. The van der Waals surface area contributed by atoms with Crippen molar-refractivity contribution in [3.63, 3.8) is 0 Å². The molecule has 14 N–H and O–H groups in total. The van der Waals surface area contributed by atoms with Crippen molar-refractivity contribution in [3.8, 4) is 5.75 Å². The molecule has 0 spiro atoms. The maximum absolute atomic E-state index is 14.5. The monoisotopic (exact) mass is 1220 g/mol. The van der Waals surface area contributed by atoms with Crippen molar-refractivity contribution in [3.05, 3.63) is 102 Å². The normalized spacial score (nSPS) is 14.2. The van der Waals surface area contributed by atoms with E-state index in [9.17, 15) is 71.4 Å². The lowest BCUT2D eigenvalue weighted by Crippen LogP contribution is -2.60.